The number of aromatic nitrogens is 3. The van der Waals surface area contributed by atoms with Crippen molar-refractivity contribution in [3.63, 3.8) is 0 Å². The SMILES string of the molecule is COc1cc(Cl)c(-c2nc(SCC(=O)N(C)C)nc3c2c(C#N)cn3COCC[Si](C)(C)C)cc1OC. The van der Waals surface area contributed by atoms with E-state index >= 15 is 0 Å². The van der Waals surface area contributed by atoms with Crippen LogP contribution in [-0.4, -0.2) is 74.1 Å². The van der Waals surface area contributed by atoms with E-state index in [1.165, 1.54) is 30.9 Å². The molecule has 37 heavy (non-hydrogen) atoms. The second kappa shape index (κ2) is 12.2. The average molecular weight is 562 g/mol. The molecule has 0 atom stereocenters. The predicted molar refractivity (Wildman–Crippen MR) is 149 cm³/mol. The largest absolute Gasteiger partial charge is 0.493 e. The first-order valence-corrected chi connectivity index (χ1v) is 16.7. The van der Waals surface area contributed by atoms with Crippen LogP contribution in [0.15, 0.2) is 23.5 Å². The molecule has 0 fully saturated rings. The van der Waals surface area contributed by atoms with Crippen LogP contribution in [0.4, 0.5) is 0 Å². The molecular weight excluding hydrogens is 530 g/mol. The van der Waals surface area contributed by atoms with Crippen molar-refractivity contribution in [1.29, 1.82) is 5.26 Å². The monoisotopic (exact) mass is 561 g/mol. The highest BCUT2D eigenvalue weighted by Gasteiger charge is 2.23. The number of amides is 1. The summed E-state index contributed by atoms with van der Waals surface area (Å²) in [7, 11) is 5.21. The van der Waals surface area contributed by atoms with E-state index in [2.05, 4.69) is 25.7 Å². The third-order valence-corrected chi connectivity index (χ3v) is 8.44. The van der Waals surface area contributed by atoms with Crippen molar-refractivity contribution in [2.24, 2.45) is 0 Å². The van der Waals surface area contributed by atoms with E-state index in [0.717, 1.165) is 6.04 Å². The quantitative estimate of drug-likeness (QED) is 0.137. The van der Waals surface area contributed by atoms with Crippen molar-refractivity contribution in [2.45, 2.75) is 37.6 Å². The fraction of sp³-hybridized carbons (Fsp3) is 0.440. The number of nitriles is 1. The topological polar surface area (TPSA) is 102 Å². The first-order valence-electron chi connectivity index (χ1n) is 11.6. The lowest BCUT2D eigenvalue weighted by molar-refractivity contribution is -0.125. The van der Waals surface area contributed by atoms with Gasteiger partial charge in [0.05, 0.1) is 41.6 Å². The summed E-state index contributed by atoms with van der Waals surface area (Å²) in [5.74, 6) is 1.04. The molecule has 0 aliphatic heterocycles. The molecule has 2 heterocycles. The number of fused-ring (bicyclic) bond motifs is 1. The minimum atomic E-state index is -1.26. The van der Waals surface area contributed by atoms with E-state index in [4.69, 9.17) is 35.8 Å². The van der Waals surface area contributed by atoms with Crippen LogP contribution in [0.25, 0.3) is 22.3 Å². The number of hydrogen-bond donors (Lipinski definition) is 0. The minimum Gasteiger partial charge on any atom is -0.493 e. The van der Waals surface area contributed by atoms with Gasteiger partial charge in [0.2, 0.25) is 5.91 Å². The van der Waals surface area contributed by atoms with Gasteiger partial charge >= 0.3 is 0 Å². The molecule has 0 spiro atoms. The van der Waals surface area contributed by atoms with E-state index in [1.54, 1.807) is 37.0 Å². The maximum atomic E-state index is 12.2. The van der Waals surface area contributed by atoms with Gasteiger partial charge in [-0.25, -0.2) is 9.97 Å². The van der Waals surface area contributed by atoms with Crippen molar-refractivity contribution in [3.05, 3.63) is 28.9 Å². The van der Waals surface area contributed by atoms with Crippen LogP contribution in [0.3, 0.4) is 0 Å². The molecule has 0 saturated carbocycles. The smallest absolute Gasteiger partial charge is 0.232 e. The lowest BCUT2D eigenvalue weighted by Crippen LogP contribution is -2.23. The number of nitrogens with zero attached hydrogens (tertiary/aromatic N) is 5. The highest BCUT2D eigenvalue weighted by Crippen LogP contribution is 2.41. The van der Waals surface area contributed by atoms with Crippen molar-refractivity contribution in [3.8, 4) is 28.8 Å². The Morgan fingerprint density at radius 2 is 1.86 bits per heavy atom. The van der Waals surface area contributed by atoms with Gasteiger partial charge in [-0.3, -0.25) is 4.79 Å². The predicted octanol–water partition coefficient (Wildman–Crippen LogP) is 5.13. The number of carbonyl (C=O) groups excluding carboxylic acids is 1. The molecule has 198 valence electrons. The Balaban J connectivity index is 2.16. The van der Waals surface area contributed by atoms with E-state index in [-0.39, 0.29) is 18.4 Å². The molecule has 2 aromatic heterocycles. The van der Waals surface area contributed by atoms with Crippen LogP contribution in [0.2, 0.25) is 30.7 Å². The van der Waals surface area contributed by atoms with Gasteiger partial charge in [0.1, 0.15) is 18.4 Å². The highest BCUT2D eigenvalue weighted by molar-refractivity contribution is 7.99. The Morgan fingerprint density at radius 3 is 2.46 bits per heavy atom. The normalized spacial score (nSPS) is 11.4. The van der Waals surface area contributed by atoms with Crippen LogP contribution >= 0.6 is 23.4 Å². The summed E-state index contributed by atoms with van der Waals surface area (Å²) >= 11 is 7.88. The lowest BCUT2D eigenvalue weighted by atomic mass is 10.1. The summed E-state index contributed by atoms with van der Waals surface area (Å²) in [6.45, 7) is 7.73. The van der Waals surface area contributed by atoms with Gasteiger partial charge in [0.15, 0.2) is 16.7 Å². The zero-order valence-electron chi connectivity index (χ0n) is 22.2. The molecule has 3 aromatic rings. The maximum absolute atomic E-state index is 12.2. The van der Waals surface area contributed by atoms with Gasteiger partial charge in [-0.2, -0.15) is 5.26 Å². The molecule has 1 aromatic carbocycles. The number of hydrogen-bond acceptors (Lipinski definition) is 8. The van der Waals surface area contributed by atoms with E-state index in [0.29, 0.717) is 56.1 Å². The molecule has 0 aliphatic carbocycles. The van der Waals surface area contributed by atoms with Crippen molar-refractivity contribution in [1.82, 2.24) is 19.4 Å². The summed E-state index contributed by atoms with van der Waals surface area (Å²) in [6, 6.07) is 6.65. The number of rotatable bonds is 11. The molecule has 3 rings (SSSR count). The molecule has 9 nitrogen and oxygen atoms in total. The third-order valence-electron chi connectivity index (χ3n) is 5.59. The van der Waals surface area contributed by atoms with Crippen LogP contribution in [0.5, 0.6) is 11.5 Å². The van der Waals surface area contributed by atoms with E-state index < -0.39 is 8.07 Å². The zero-order chi connectivity index (χ0) is 27.3. The van der Waals surface area contributed by atoms with Gasteiger partial charge in [0, 0.05) is 46.6 Å². The standard InChI is InChI=1S/C25H32ClN5O4SSi/c1-30(2)21(32)14-36-25-28-23(17-10-19(33-3)20(34-4)11-18(17)26)22-16(12-27)13-31(24(22)29-25)15-35-8-9-37(5,6)7/h10-11,13H,8-9,14-15H2,1-7H3. The van der Waals surface area contributed by atoms with Gasteiger partial charge in [-0.1, -0.05) is 43.0 Å². The van der Waals surface area contributed by atoms with E-state index in [9.17, 15) is 10.1 Å². The zero-order valence-corrected chi connectivity index (χ0v) is 24.8. The first-order chi connectivity index (χ1) is 17.5. The number of ether oxygens (including phenoxy) is 3. The van der Waals surface area contributed by atoms with Crippen molar-refractivity contribution >= 4 is 48.4 Å². The molecular formula is C25H32ClN5O4SSi. The van der Waals surface area contributed by atoms with E-state index in [1.807, 2.05) is 0 Å². The number of carbonyl (C=O) groups is 1. The molecule has 0 saturated heterocycles. The second-order valence-electron chi connectivity index (χ2n) is 9.79. The Morgan fingerprint density at radius 1 is 1.19 bits per heavy atom. The average Bonchev–Trinajstić information content (AvgIpc) is 3.21. The number of halogens is 1. The number of thioether (sulfide) groups is 1. The Hall–Kier alpha value is -2.78. The van der Waals surface area contributed by atoms with Crippen LogP contribution in [0, 0.1) is 11.3 Å². The summed E-state index contributed by atoms with van der Waals surface area (Å²) in [5.41, 5.74) is 1.94. The van der Waals surface area contributed by atoms with Gasteiger partial charge < -0.3 is 23.7 Å². The van der Waals surface area contributed by atoms with Gasteiger partial charge in [-0.15, -0.1) is 0 Å². The maximum Gasteiger partial charge on any atom is 0.232 e. The van der Waals surface area contributed by atoms with Gasteiger partial charge in [-0.05, 0) is 12.1 Å². The third kappa shape index (κ3) is 6.96. The van der Waals surface area contributed by atoms with Crippen molar-refractivity contribution < 1.29 is 19.0 Å². The highest BCUT2D eigenvalue weighted by atomic mass is 35.5. The Kier molecular flexibility index (Phi) is 9.47. The fourth-order valence-corrected chi connectivity index (χ4v) is 5.26. The minimum absolute atomic E-state index is 0.0674. The lowest BCUT2D eigenvalue weighted by Gasteiger charge is -2.16. The van der Waals surface area contributed by atoms with Crippen molar-refractivity contribution in [2.75, 3.05) is 40.7 Å². The number of methoxy groups -OCH3 is 2. The summed E-state index contributed by atoms with van der Waals surface area (Å²) in [4.78, 5) is 23.2. The second-order valence-corrected chi connectivity index (χ2v) is 16.8. The van der Waals surface area contributed by atoms with Crippen LogP contribution in [-0.2, 0) is 16.3 Å². The summed E-state index contributed by atoms with van der Waals surface area (Å²) in [5, 5.41) is 11.3. The molecule has 0 radical (unpaired) electrons. The first kappa shape index (κ1) is 28.8. The molecule has 0 bridgehead atoms. The fourth-order valence-electron chi connectivity index (χ4n) is 3.44. The molecule has 0 N–H and O–H groups in total. The molecule has 12 heteroatoms. The Labute approximate surface area is 227 Å². The molecule has 0 unspecified atom stereocenters. The molecule has 1 amide bonds. The van der Waals surface area contributed by atoms with Gasteiger partial charge in [0.25, 0.3) is 0 Å². The summed E-state index contributed by atoms with van der Waals surface area (Å²) in [6.07, 6.45) is 1.71. The summed E-state index contributed by atoms with van der Waals surface area (Å²) < 4.78 is 18.6. The molecule has 0 aliphatic rings. The number of benzene rings is 1. The van der Waals surface area contributed by atoms with Crippen LogP contribution in [0.1, 0.15) is 5.56 Å². The van der Waals surface area contributed by atoms with Crippen LogP contribution < -0.4 is 9.47 Å². The Bertz CT molecular complexity index is 1330.